The lowest BCUT2D eigenvalue weighted by atomic mass is 9.89. The second-order valence-corrected chi connectivity index (χ2v) is 7.07. The van der Waals surface area contributed by atoms with Crippen LogP contribution in [0, 0.1) is 0 Å². The van der Waals surface area contributed by atoms with Crippen molar-refractivity contribution < 1.29 is 14.6 Å². The molecule has 0 amide bonds. The van der Waals surface area contributed by atoms with E-state index in [9.17, 15) is 9.90 Å². The van der Waals surface area contributed by atoms with Crippen molar-refractivity contribution in [3.8, 4) is 0 Å². The highest BCUT2D eigenvalue weighted by Crippen LogP contribution is 2.30. The standard InChI is InChI=1S/C16H27N3O3/c1-6-19-10-12(13(17-19)15(2,3)4)9-18-8-7-16(11-18,22-5)14(20)21/h10H,6-9,11H2,1-5H3,(H,20,21). The third-order valence-corrected chi connectivity index (χ3v) is 4.36. The van der Waals surface area contributed by atoms with Crippen LogP contribution in [-0.2, 0) is 28.0 Å². The minimum Gasteiger partial charge on any atom is -0.479 e. The van der Waals surface area contributed by atoms with Crippen LogP contribution in [0.4, 0.5) is 0 Å². The number of rotatable bonds is 5. The molecule has 1 fully saturated rings. The molecule has 0 radical (unpaired) electrons. The van der Waals surface area contributed by atoms with Crippen LogP contribution in [0.25, 0.3) is 0 Å². The van der Waals surface area contributed by atoms with Crippen LogP contribution in [0.15, 0.2) is 6.20 Å². The van der Waals surface area contributed by atoms with Gasteiger partial charge in [0.2, 0.25) is 0 Å². The van der Waals surface area contributed by atoms with Crippen molar-refractivity contribution in [1.29, 1.82) is 0 Å². The summed E-state index contributed by atoms with van der Waals surface area (Å²) >= 11 is 0. The maximum Gasteiger partial charge on any atom is 0.337 e. The van der Waals surface area contributed by atoms with Crippen LogP contribution in [0.1, 0.15) is 45.4 Å². The molecule has 1 N–H and O–H groups in total. The first-order chi connectivity index (χ1) is 10.2. The number of aliphatic carboxylic acids is 1. The monoisotopic (exact) mass is 309 g/mol. The molecule has 0 aliphatic carbocycles. The molecule has 1 unspecified atom stereocenters. The quantitative estimate of drug-likeness (QED) is 0.899. The molecular weight excluding hydrogens is 282 g/mol. The summed E-state index contributed by atoms with van der Waals surface area (Å²) in [5.74, 6) is -0.877. The number of hydrogen-bond donors (Lipinski definition) is 1. The van der Waals surface area contributed by atoms with Gasteiger partial charge < -0.3 is 9.84 Å². The second-order valence-electron chi connectivity index (χ2n) is 7.07. The van der Waals surface area contributed by atoms with Gasteiger partial charge in [0.05, 0.1) is 5.69 Å². The van der Waals surface area contributed by atoms with Gasteiger partial charge in [0.1, 0.15) is 0 Å². The summed E-state index contributed by atoms with van der Waals surface area (Å²) < 4.78 is 7.24. The summed E-state index contributed by atoms with van der Waals surface area (Å²) in [6, 6.07) is 0. The fraction of sp³-hybridized carbons (Fsp3) is 0.750. The molecule has 0 bridgehead atoms. The van der Waals surface area contributed by atoms with Crippen LogP contribution in [0.5, 0.6) is 0 Å². The van der Waals surface area contributed by atoms with E-state index in [0.29, 0.717) is 19.5 Å². The molecule has 2 heterocycles. The van der Waals surface area contributed by atoms with Crippen molar-refractivity contribution in [2.24, 2.45) is 0 Å². The van der Waals surface area contributed by atoms with Crippen LogP contribution >= 0.6 is 0 Å². The Morgan fingerprint density at radius 2 is 2.18 bits per heavy atom. The molecule has 1 saturated heterocycles. The summed E-state index contributed by atoms with van der Waals surface area (Å²) in [4.78, 5) is 13.6. The number of aromatic nitrogens is 2. The van der Waals surface area contributed by atoms with Crippen molar-refractivity contribution in [3.63, 3.8) is 0 Å². The number of methoxy groups -OCH3 is 1. The van der Waals surface area contributed by atoms with E-state index in [1.54, 1.807) is 0 Å². The van der Waals surface area contributed by atoms with Gasteiger partial charge in [-0.3, -0.25) is 9.58 Å². The van der Waals surface area contributed by atoms with E-state index in [2.05, 4.69) is 43.9 Å². The van der Waals surface area contributed by atoms with E-state index >= 15 is 0 Å². The van der Waals surface area contributed by atoms with E-state index in [-0.39, 0.29) is 5.41 Å². The van der Waals surface area contributed by atoms with Crippen molar-refractivity contribution in [2.75, 3.05) is 20.2 Å². The summed E-state index contributed by atoms with van der Waals surface area (Å²) in [5, 5.41) is 14.1. The molecule has 1 aliphatic rings. The molecule has 0 aromatic carbocycles. The zero-order valence-electron chi connectivity index (χ0n) is 14.2. The predicted octanol–water partition coefficient (Wildman–Crippen LogP) is 1.88. The number of carboxylic acids is 1. The number of ether oxygens (including phenoxy) is 1. The molecule has 2 rings (SSSR count). The fourth-order valence-electron chi connectivity index (χ4n) is 3.03. The first-order valence-electron chi connectivity index (χ1n) is 7.79. The highest BCUT2D eigenvalue weighted by atomic mass is 16.5. The minimum absolute atomic E-state index is 0.0272. The molecule has 0 spiro atoms. The lowest BCUT2D eigenvalue weighted by molar-refractivity contribution is -0.160. The number of aryl methyl sites for hydroxylation is 1. The first kappa shape index (κ1) is 17.0. The van der Waals surface area contributed by atoms with Crippen molar-refractivity contribution in [2.45, 2.75) is 58.2 Å². The van der Waals surface area contributed by atoms with Gasteiger partial charge in [0.15, 0.2) is 5.60 Å². The van der Waals surface area contributed by atoms with E-state index in [1.807, 2.05) is 4.68 Å². The normalized spacial score (nSPS) is 23.1. The van der Waals surface area contributed by atoms with Gasteiger partial charge in [-0.05, 0) is 6.92 Å². The lowest BCUT2D eigenvalue weighted by Crippen LogP contribution is -2.43. The topological polar surface area (TPSA) is 67.6 Å². The lowest BCUT2D eigenvalue weighted by Gasteiger charge is -2.24. The molecule has 1 aromatic rings. The van der Waals surface area contributed by atoms with Gasteiger partial charge in [-0.2, -0.15) is 5.10 Å². The third kappa shape index (κ3) is 3.17. The summed E-state index contributed by atoms with van der Waals surface area (Å²) in [7, 11) is 1.48. The molecule has 0 saturated carbocycles. The summed E-state index contributed by atoms with van der Waals surface area (Å²) in [6.45, 7) is 11.2. The third-order valence-electron chi connectivity index (χ3n) is 4.36. The number of hydrogen-bond acceptors (Lipinski definition) is 4. The van der Waals surface area contributed by atoms with Gasteiger partial charge in [-0.15, -0.1) is 0 Å². The highest BCUT2D eigenvalue weighted by molar-refractivity contribution is 5.78. The maximum atomic E-state index is 11.5. The van der Waals surface area contributed by atoms with Crippen LogP contribution in [0.3, 0.4) is 0 Å². The fourth-order valence-corrected chi connectivity index (χ4v) is 3.03. The van der Waals surface area contributed by atoms with Gasteiger partial charge >= 0.3 is 5.97 Å². The highest BCUT2D eigenvalue weighted by Gasteiger charge is 2.45. The van der Waals surface area contributed by atoms with Crippen LogP contribution in [0.2, 0.25) is 0 Å². The number of likely N-dealkylation sites (tertiary alicyclic amines) is 1. The Morgan fingerprint density at radius 3 is 2.64 bits per heavy atom. The van der Waals surface area contributed by atoms with Gasteiger partial charge in [-0.25, -0.2) is 4.79 Å². The molecule has 6 heteroatoms. The summed E-state index contributed by atoms with van der Waals surface area (Å²) in [5.41, 5.74) is 1.16. The van der Waals surface area contributed by atoms with Gasteiger partial charge in [0.25, 0.3) is 0 Å². The Hall–Kier alpha value is -1.40. The van der Waals surface area contributed by atoms with Crippen molar-refractivity contribution >= 4 is 5.97 Å². The van der Waals surface area contributed by atoms with Gasteiger partial charge in [-0.1, -0.05) is 20.8 Å². The van der Waals surface area contributed by atoms with E-state index in [0.717, 1.165) is 18.8 Å². The number of nitrogens with zero attached hydrogens (tertiary/aromatic N) is 3. The zero-order chi connectivity index (χ0) is 16.5. The predicted molar refractivity (Wildman–Crippen MR) is 83.9 cm³/mol. The van der Waals surface area contributed by atoms with Crippen molar-refractivity contribution in [3.05, 3.63) is 17.5 Å². The van der Waals surface area contributed by atoms with Crippen molar-refractivity contribution in [1.82, 2.24) is 14.7 Å². The molecule has 1 aromatic heterocycles. The SMILES string of the molecule is CCn1cc(CN2CCC(OC)(C(=O)O)C2)c(C(C)(C)C)n1. The molecule has 6 nitrogen and oxygen atoms in total. The Kier molecular flexibility index (Phi) is 4.63. The summed E-state index contributed by atoms with van der Waals surface area (Å²) in [6.07, 6.45) is 2.60. The molecule has 22 heavy (non-hydrogen) atoms. The Balaban J connectivity index is 2.19. The zero-order valence-corrected chi connectivity index (χ0v) is 14.2. The number of carbonyl (C=O) groups is 1. The van der Waals surface area contributed by atoms with E-state index in [4.69, 9.17) is 4.74 Å². The Morgan fingerprint density at radius 1 is 1.50 bits per heavy atom. The average molecular weight is 309 g/mol. The maximum absolute atomic E-state index is 11.5. The minimum atomic E-state index is -1.07. The second kappa shape index (κ2) is 6.01. The molecule has 1 aliphatic heterocycles. The Bertz CT molecular complexity index is 547. The van der Waals surface area contributed by atoms with Gasteiger partial charge in [0, 0.05) is 56.9 Å². The smallest absolute Gasteiger partial charge is 0.337 e. The largest absolute Gasteiger partial charge is 0.479 e. The average Bonchev–Trinajstić information content (AvgIpc) is 3.03. The first-order valence-corrected chi connectivity index (χ1v) is 7.79. The van der Waals surface area contributed by atoms with Crippen LogP contribution < -0.4 is 0 Å². The molecule has 1 atom stereocenters. The van der Waals surface area contributed by atoms with E-state index in [1.165, 1.54) is 12.7 Å². The molecular formula is C16H27N3O3. The molecule has 124 valence electrons. The Labute approximate surface area is 132 Å². The number of carboxylic acid groups (broad SMARTS) is 1. The van der Waals surface area contributed by atoms with E-state index < -0.39 is 11.6 Å². The van der Waals surface area contributed by atoms with Crippen LogP contribution in [-0.4, -0.2) is 51.6 Å².